The maximum atomic E-state index is 3.60. The summed E-state index contributed by atoms with van der Waals surface area (Å²) in [6, 6.07) is 0. The van der Waals surface area contributed by atoms with Crippen molar-refractivity contribution in [2.24, 2.45) is 5.41 Å². The zero-order valence-corrected chi connectivity index (χ0v) is 18.9. The largest absolute Gasteiger partial charge is 4.00 e. The molecule has 0 aromatic rings. The van der Waals surface area contributed by atoms with Gasteiger partial charge >= 0.3 is 21.7 Å². The van der Waals surface area contributed by atoms with Gasteiger partial charge in [-0.3, -0.25) is 6.08 Å². The third-order valence-electron chi connectivity index (χ3n) is 3.62. The predicted molar refractivity (Wildman–Crippen MR) is 105 cm³/mol. The molecule has 0 nitrogen and oxygen atoms in total. The van der Waals surface area contributed by atoms with Gasteiger partial charge in [-0.15, -0.1) is 6.92 Å². The first-order chi connectivity index (χ1) is 10.2. The van der Waals surface area contributed by atoms with Crippen LogP contribution in [0.5, 0.6) is 0 Å². The van der Waals surface area contributed by atoms with Crippen LogP contribution in [0.1, 0.15) is 93.9 Å². The summed E-state index contributed by atoms with van der Waals surface area (Å²) in [5.41, 5.74) is 4.39. The van der Waals surface area contributed by atoms with Crippen LogP contribution in [0.3, 0.4) is 0 Å². The zero-order chi connectivity index (χ0) is 18.2. The Balaban J connectivity index is -0.000000118. The van der Waals surface area contributed by atoms with Crippen molar-refractivity contribution in [3.63, 3.8) is 0 Å². The summed E-state index contributed by atoms with van der Waals surface area (Å²) in [5, 5.41) is 0. The molecule has 0 fully saturated rings. The molecular weight excluding hydrogens is 312 g/mol. The van der Waals surface area contributed by atoms with E-state index in [4.69, 9.17) is 0 Å². The number of rotatable bonds is 3. The summed E-state index contributed by atoms with van der Waals surface area (Å²) < 4.78 is 0. The molecule has 0 bridgehead atoms. The first-order valence-electron chi connectivity index (χ1n) is 8.87. The molecule has 1 heteroatoms. The SMILES string of the molecule is CC1=[C-]C(C)(C)C(C)=C1C.[CH2-]CCC.[CH2-]CCC.[CH2-]CCC.[Ti+4]. The Kier molecular flexibility index (Phi) is 27.3. The van der Waals surface area contributed by atoms with Gasteiger partial charge in [0.15, 0.2) is 0 Å². The first-order valence-corrected chi connectivity index (χ1v) is 8.87. The van der Waals surface area contributed by atoms with Gasteiger partial charge in [-0.25, -0.2) is 5.57 Å². The van der Waals surface area contributed by atoms with E-state index in [1.807, 2.05) is 0 Å². The van der Waals surface area contributed by atoms with Crippen LogP contribution in [0.25, 0.3) is 0 Å². The Morgan fingerprint density at radius 3 is 1.09 bits per heavy atom. The van der Waals surface area contributed by atoms with Crippen molar-refractivity contribution in [1.29, 1.82) is 0 Å². The van der Waals surface area contributed by atoms with E-state index in [9.17, 15) is 0 Å². The maximum absolute atomic E-state index is 3.60. The van der Waals surface area contributed by atoms with Crippen LogP contribution in [0.4, 0.5) is 0 Å². The van der Waals surface area contributed by atoms with Crippen LogP contribution in [-0.4, -0.2) is 0 Å². The van der Waals surface area contributed by atoms with Gasteiger partial charge in [0.1, 0.15) is 0 Å². The minimum atomic E-state index is 0. The van der Waals surface area contributed by atoms with Gasteiger partial charge < -0.3 is 20.8 Å². The molecule has 0 aromatic heterocycles. The Labute approximate surface area is 164 Å². The van der Waals surface area contributed by atoms with Gasteiger partial charge in [-0.2, -0.15) is 30.4 Å². The first kappa shape index (κ1) is 31.0. The summed E-state index contributed by atoms with van der Waals surface area (Å²) in [7, 11) is 0. The molecule has 0 aromatic carbocycles. The average Bonchev–Trinajstić information content (AvgIpc) is 2.70. The molecule has 134 valence electrons. The molecule has 0 atom stereocenters. The third kappa shape index (κ3) is 18.4. The van der Waals surface area contributed by atoms with Crippen LogP contribution in [-0.2, 0) is 21.7 Å². The van der Waals surface area contributed by atoms with E-state index in [1.54, 1.807) is 0 Å². The van der Waals surface area contributed by atoms with E-state index < -0.39 is 0 Å². The smallest absolute Gasteiger partial charge is 0.343 e. The quantitative estimate of drug-likeness (QED) is 0.356. The van der Waals surface area contributed by atoms with Crippen LogP contribution in [0.2, 0.25) is 0 Å². The second-order valence-corrected chi connectivity index (χ2v) is 6.19. The van der Waals surface area contributed by atoms with Gasteiger partial charge in [0, 0.05) is 0 Å². The van der Waals surface area contributed by atoms with E-state index in [0.29, 0.717) is 0 Å². The summed E-state index contributed by atoms with van der Waals surface area (Å²) in [6.07, 6.45) is 10.3. The van der Waals surface area contributed by atoms with Crippen LogP contribution >= 0.6 is 0 Å². The molecule has 0 amide bonds. The summed E-state index contributed by atoms with van der Waals surface area (Å²) in [6.45, 7) is 28.1. The van der Waals surface area contributed by atoms with Gasteiger partial charge in [-0.05, 0) is 0 Å². The molecule has 0 unspecified atom stereocenters. The van der Waals surface area contributed by atoms with E-state index in [1.165, 1.54) is 36.0 Å². The summed E-state index contributed by atoms with van der Waals surface area (Å²) >= 11 is 0. The minimum absolute atomic E-state index is 0. The Morgan fingerprint density at radius 2 is 1.04 bits per heavy atom. The topological polar surface area (TPSA) is 0 Å². The normalized spacial score (nSPS) is 14.1. The molecule has 0 saturated heterocycles. The monoisotopic (exact) mass is 354 g/mol. The van der Waals surface area contributed by atoms with E-state index in [0.717, 1.165) is 19.3 Å². The minimum Gasteiger partial charge on any atom is -0.343 e. The molecule has 0 N–H and O–H groups in total. The van der Waals surface area contributed by atoms with Crippen LogP contribution < -0.4 is 0 Å². The molecule has 0 spiro atoms. The van der Waals surface area contributed by atoms with Gasteiger partial charge in [-0.1, -0.05) is 73.1 Å². The molecule has 0 radical (unpaired) electrons. The van der Waals surface area contributed by atoms with E-state index in [-0.39, 0.29) is 27.1 Å². The molecular formula is C22H42Ti. The van der Waals surface area contributed by atoms with Crippen molar-refractivity contribution in [1.82, 2.24) is 0 Å². The van der Waals surface area contributed by atoms with Crippen molar-refractivity contribution in [2.45, 2.75) is 93.9 Å². The molecule has 0 heterocycles. The molecule has 1 aliphatic rings. The molecule has 23 heavy (non-hydrogen) atoms. The average molecular weight is 354 g/mol. The van der Waals surface area contributed by atoms with Crippen molar-refractivity contribution in [2.75, 3.05) is 0 Å². The number of hydrogen-bond acceptors (Lipinski definition) is 0. The van der Waals surface area contributed by atoms with Crippen LogP contribution in [0, 0.1) is 32.3 Å². The Bertz CT molecular complexity index is 280. The van der Waals surface area contributed by atoms with Crippen molar-refractivity contribution in [3.05, 3.63) is 43.6 Å². The van der Waals surface area contributed by atoms with Gasteiger partial charge in [0.25, 0.3) is 0 Å². The fourth-order valence-corrected chi connectivity index (χ4v) is 1.41. The van der Waals surface area contributed by atoms with Gasteiger partial charge in [0.05, 0.1) is 0 Å². The fourth-order valence-electron chi connectivity index (χ4n) is 1.41. The fraction of sp³-hybridized carbons (Fsp3) is 0.682. The molecule has 0 saturated carbocycles. The number of hydrogen-bond donors (Lipinski definition) is 0. The number of unbranched alkanes of at least 4 members (excludes halogenated alkanes) is 3. The standard InChI is InChI=1S/C10H15.3C4H9.Ti/c1-7-6-10(4,5)9(3)8(7)2;3*1-3-4-2;/h1-5H3;3*1,3-4H2,2H3;/q4*-1;+4. The second kappa shape index (κ2) is 20.2. The van der Waals surface area contributed by atoms with Gasteiger partial charge in [0.2, 0.25) is 0 Å². The number of allylic oxidation sites excluding steroid dienone is 4. The predicted octanol–water partition coefficient (Wildman–Crippen LogP) is 7.97. The molecule has 0 aliphatic heterocycles. The van der Waals surface area contributed by atoms with Crippen molar-refractivity contribution in [3.8, 4) is 0 Å². The third-order valence-corrected chi connectivity index (χ3v) is 3.62. The van der Waals surface area contributed by atoms with E-state index in [2.05, 4.69) is 82.2 Å². The second-order valence-electron chi connectivity index (χ2n) is 6.19. The molecule has 1 rings (SSSR count). The summed E-state index contributed by atoms with van der Waals surface area (Å²) in [5.74, 6) is 0. The van der Waals surface area contributed by atoms with Crippen molar-refractivity contribution >= 4 is 0 Å². The summed E-state index contributed by atoms with van der Waals surface area (Å²) in [4.78, 5) is 0. The molecule has 1 aliphatic carbocycles. The Morgan fingerprint density at radius 1 is 0.783 bits per heavy atom. The van der Waals surface area contributed by atoms with E-state index >= 15 is 0 Å². The maximum Gasteiger partial charge on any atom is 4.00 e. The Hall–Kier alpha value is 0.194. The zero-order valence-electron chi connectivity index (χ0n) is 17.4. The van der Waals surface area contributed by atoms with Crippen molar-refractivity contribution < 1.29 is 21.7 Å². The van der Waals surface area contributed by atoms with Crippen LogP contribution in [0.15, 0.2) is 16.7 Å².